The number of hydrogen-bond donors (Lipinski definition) is 0. The highest BCUT2D eigenvalue weighted by Crippen LogP contribution is 2.60. The van der Waals surface area contributed by atoms with Crippen molar-refractivity contribution < 1.29 is 0 Å². The molecule has 0 amide bonds. The maximum Gasteiger partial charge on any atom is 0.0165 e. The summed E-state index contributed by atoms with van der Waals surface area (Å²) in [5.74, 6) is 0. The minimum absolute atomic E-state index is 0.174. The highest BCUT2D eigenvalue weighted by molar-refractivity contribution is 6.13. The van der Waals surface area contributed by atoms with E-state index in [0.29, 0.717) is 0 Å². The van der Waals surface area contributed by atoms with E-state index in [4.69, 9.17) is 0 Å². The van der Waals surface area contributed by atoms with Crippen molar-refractivity contribution in [2.75, 3.05) is 0 Å². The van der Waals surface area contributed by atoms with Gasteiger partial charge in [-0.05, 0) is 159 Å². The zero-order valence-corrected chi connectivity index (χ0v) is 31.9. The third kappa shape index (κ3) is 4.04. The van der Waals surface area contributed by atoms with Crippen LogP contribution in [0.4, 0.5) is 0 Å². The second-order valence-corrected chi connectivity index (χ2v) is 16.9. The lowest BCUT2D eigenvalue weighted by Crippen LogP contribution is -2.17. The molecule has 258 valence electrons. The maximum absolute atomic E-state index is 2.58. The molecule has 0 atom stereocenters. The van der Waals surface area contributed by atoms with E-state index >= 15 is 0 Å². The van der Waals surface area contributed by atoms with Crippen LogP contribution < -0.4 is 0 Å². The summed E-state index contributed by atoms with van der Waals surface area (Å²) in [6.07, 6.45) is 0. The van der Waals surface area contributed by atoms with Crippen molar-refractivity contribution in [2.24, 2.45) is 0 Å². The molecule has 0 bridgehead atoms. The van der Waals surface area contributed by atoms with Gasteiger partial charge in [-0.3, -0.25) is 0 Å². The number of aryl methyl sites for hydroxylation is 2. The molecule has 0 saturated heterocycles. The van der Waals surface area contributed by atoms with Gasteiger partial charge >= 0.3 is 0 Å². The van der Waals surface area contributed by atoms with Gasteiger partial charge in [-0.15, -0.1) is 0 Å². The fourth-order valence-electron chi connectivity index (χ4n) is 10.7. The second-order valence-electron chi connectivity index (χ2n) is 16.9. The van der Waals surface area contributed by atoms with Gasteiger partial charge in [-0.2, -0.15) is 0 Å². The Labute approximate surface area is 317 Å². The molecule has 0 nitrogen and oxygen atoms in total. The van der Waals surface area contributed by atoms with Crippen molar-refractivity contribution in [3.63, 3.8) is 0 Å². The maximum atomic E-state index is 2.58. The normalized spacial score (nSPS) is 14.8. The molecule has 0 radical (unpaired) electrons. The number of hydrogen-bond acceptors (Lipinski definition) is 0. The Kier molecular flexibility index (Phi) is 6.31. The molecule has 0 heterocycles. The third-order valence-electron chi connectivity index (χ3n) is 13.3. The van der Waals surface area contributed by atoms with E-state index in [2.05, 4.69) is 187 Å². The Bertz CT molecular complexity index is 2900. The van der Waals surface area contributed by atoms with Gasteiger partial charge in [-0.25, -0.2) is 0 Å². The van der Waals surface area contributed by atoms with Crippen LogP contribution in [0, 0.1) is 13.8 Å². The predicted octanol–water partition coefficient (Wildman–Crippen LogP) is 14.9. The van der Waals surface area contributed by atoms with Gasteiger partial charge in [0.05, 0.1) is 0 Å². The van der Waals surface area contributed by atoms with E-state index in [0.717, 1.165) is 0 Å². The highest BCUT2D eigenvalue weighted by Gasteiger charge is 2.43. The Hall–Kier alpha value is -5.98. The topological polar surface area (TPSA) is 0 Å². The average Bonchev–Trinajstić information content (AvgIpc) is 3.56. The van der Waals surface area contributed by atoms with Crippen LogP contribution in [0.2, 0.25) is 0 Å². The van der Waals surface area contributed by atoms with Crippen LogP contribution in [0.3, 0.4) is 0 Å². The van der Waals surface area contributed by atoms with E-state index in [1.165, 1.54) is 121 Å². The SMILES string of the molecule is Cc1ccc(-c2cc3c(c4ccccc24)C(C)(C)c2cc4c(cc2-3)C(C)(C)c2c-4cc(-c3ccc(C)c4ccccc34)c3ccccc23)c2ccccc12. The van der Waals surface area contributed by atoms with Crippen molar-refractivity contribution >= 4 is 43.1 Å². The van der Waals surface area contributed by atoms with Crippen LogP contribution in [-0.2, 0) is 10.8 Å². The molecular formula is C54H42. The lowest BCUT2D eigenvalue weighted by molar-refractivity contribution is 0.657. The van der Waals surface area contributed by atoms with Gasteiger partial charge in [0.2, 0.25) is 0 Å². The van der Waals surface area contributed by atoms with E-state index in [1.54, 1.807) is 0 Å². The van der Waals surface area contributed by atoms with Crippen LogP contribution in [0.15, 0.2) is 146 Å². The largest absolute Gasteiger partial charge is 0.0616 e. The van der Waals surface area contributed by atoms with Crippen LogP contribution in [0.5, 0.6) is 0 Å². The molecule has 11 rings (SSSR count). The fourth-order valence-corrected chi connectivity index (χ4v) is 10.7. The molecule has 0 aromatic heterocycles. The molecule has 0 aliphatic heterocycles. The van der Waals surface area contributed by atoms with Crippen molar-refractivity contribution in [1.29, 1.82) is 0 Å². The smallest absolute Gasteiger partial charge is 0.0165 e. The first kappa shape index (κ1) is 31.5. The Morgan fingerprint density at radius 1 is 0.278 bits per heavy atom. The lowest BCUT2D eigenvalue weighted by atomic mass is 9.77. The molecule has 0 saturated carbocycles. The molecule has 9 aromatic rings. The standard InChI is InChI=1S/C54H42/c1-31-23-25-39(35-17-9-7-15-33(31)35)43-27-47-45-29-50-46(30-49(45)53(3,4)51(47)41-21-13-11-19-37(41)43)48-28-44(38-20-12-14-22-42(38)52(48)54(50,5)6)40-26-24-32(2)34-16-8-10-18-36(34)40/h7-30H,1-6H3. The Morgan fingerprint density at radius 3 is 0.963 bits per heavy atom. The van der Waals surface area contributed by atoms with Crippen molar-refractivity contribution in [1.82, 2.24) is 0 Å². The minimum atomic E-state index is -0.174. The minimum Gasteiger partial charge on any atom is -0.0616 e. The van der Waals surface area contributed by atoms with Gasteiger partial charge in [0.1, 0.15) is 0 Å². The zero-order chi connectivity index (χ0) is 36.7. The van der Waals surface area contributed by atoms with Crippen LogP contribution in [0.1, 0.15) is 61.1 Å². The average molecular weight is 691 g/mol. The van der Waals surface area contributed by atoms with Crippen LogP contribution in [-0.4, -0.2) is 0 Å². The van der Waals surface area contributed by atoms with Gasteiger partial charge < -0.3 is 0 Å². The molecule has 0 fully saturated rings. The molecule has 2 aliphatic rings. The van der Waals surface area contributed by atoms with Crippen LogP contribution >= 0.6 is 0 Å². The van der Waals surface area contributed by atoms with E-state index < -0.39 is 0 Å². The van der Waals surface area contributed by atoms with Gasteiger partial charge in [0.15, 0.2) is 0 Å². The quantitative estimate of drug-likeness (QED) is 0.169. The molecule has 54 heavy (non-hydrogen) atoms. The fraction of sp³-hybridized carbons (Fsp3) is 0.148. The second kappa shape index (κ2) is 10.8. The first-order valence-corrected chi connectivity index (χ1v) is 19.4. The van der Waals surface area contributed by atoms with E-state index in [9.17, 15) is 0 Å². The molecule has 0 spiro atoms. The molecule has 0 unspecified atom stereocenters. The van der Waals surface area contributed by atoms with Crippen molar-refractivity contribution in [3.05, 3.63) is 179 Å². The van der Waals surface area contributed by atoms with E-state index in [1.807, 2.05) is 0 Å². The van der Waals surface area contributed by atoms with Crippen LogP contribution in [0.25, 0.3) is 87.6 Å². The summed E-state index contributed by atoms with van der Waals surface area (Å²) in [5, 5.41) is 10.6. The highest BCUT2D eigenvalue weighted by atomic mass is 14.5. The molecule has 0 heteroatoms. The number of rotatable bonds is 2. The predicted molar refractivity (Wildman–Crippen MR) is 232 cm³/mol. The first-order chi connectivity index (χ1) is 26.1. The molecule has 9 aromatic carbocycles. The summed E-state index contributed by atoms with van der Waals surface area (Å²) >= 11 is 0. The van der Waals surface area contributed by atoms with Crippen molar-refractivity contribution in [3.8, 4) is 44.5 Å². The molecule has 0 N–H and O–H groups in total. The number of benzene rings is 9. The summed E-state index contributed by atoms with van der Waals surface area (Å²) < 4.78 is 0. The summed E-state index contributed by atoms with van der Waals surface area (Å²) in [4.78, 5) is 0. The molecular weight excluding hydrogens is 649 g/mol. The summed E-state index contributed by atoms with van der Waals surface area (Å²) in [6.45, 7) is 14.2. The molecule has 2 aliphatic carbocycles. The third-order valence-corrected chi connectivity index (χ3v) is 13.3. The summed E-state index contributed by atoms with van der Waals surface area (Å²) in [5.41, 5.74) is 18.8. The Balaban J connectivity index is 1.19. The monoisotopic (exact) mass is 690 g/mol. The van der Waals surface area contributed by atoms with E-state index in [-0.39, 0.29) is 10.8 Å². The Morgan fingerprint density at radius 2 is 0.593 bits per heavy atom. The summed E-state index contributed by atoms with van der Waals surface area (Å²) in [7, 11) is 0. The van der Waals surface area contributed by atoms with Crippen molar-refractivity contribution in [2.45, 2.75) is 52.4 Å². The first-order valence-electron chi connectivity index (χ1n) is 19.4. The lowest BCUT2D eigenvalue weighted by Gasteiger charge is -2.25. The van der Waals surface area contributed by atoms with Gasteiger partial charge in [0.25, 0.3) is 0 Å². The zero-order valence-electron chi connectivity index (χ0n) is 31.9. The van der Waals surface area contributed by atoms with Gasteiger partial charge in [-0.1, -0.05) is 149 Å². The summed E-state index contributed by atoms with van der Waals surface area (Å²) in [6, 6.07) is 55.5. The number of fused-ring (bicyclic) bond motifs is 12. The van der Waals surface area contributed by atoms with Gasteiger partial charge in [0, 0.05) is 10.8 Å².